The molecular formula is C17H20N4O3S. The molecule has 8 heteroatoms. The number of para-hydroxylation sites is 2. The molecule has 0 radical (unpaired) electrons. The van der Waals surface area contributed by atoms with E-state index in [-0.39, 0.29) is 18.9 Å². The molecule has 2 aromatic heterocycles. The Hall–Kier alpha value is -2.48. The quantitative estimate of drug-likeness (QED) is 0.623. The molecule has 3 rings (SSSR count). The van der Waals surface area contributed by atoms with E-state index in [9.17, 15) is 9.59 Å². The fraction of sp³-hybridized carbons (Fsp3) is 0.412. The maximum Gasteiger partial charge on any atom is 0.419 e. The first-order chi connectivity index (χ1) is 12.2. The van der Waals surface area contributed by atoms with Gasteiger partial charge in [0.05, 0.1) is 5.52 Å². The van der Waals surface area contributed by atoms with E-state index in [0.717, 1.165) is 30.7 Å². The largest absolute Gasteiger partial charge is 0.419 e. The second-order valence-electron chi connectivity index (χ2n) is 5.74. The Morgan fingerprint density at radius 3 is 2.96 bits per heavy atom. The van der Waals surface area contributed by atoms with E-state index in [1.807, 2.05) is 6.07 Å². The summed E-state index contributed by atoms with van der Waals surface area (Å²) in [5.41, 5.74) is 1.21. The predicted octanol–water partition coefficient (Wildman–Crippen LogP) is 3.21. The Bertz CT molecular complexity index is 912. The van der Waals surface area contributed by atoms with Gasteiger partial charge in [0.15, 0.2) is 5.58 Å². The molecule has 0 atom stereocenters. The van der Waals surface area contributed by atoms with Gasteiger partial charge in [-0.25, -0.2) is 4.79 Å². The van der Waals surface area contributed by atoms with E-state index >= 15 is 0 Å². The Labute approximate surface area is 148 Å². The molecule has 7 nitrogen and oxygen atoms in total. The highest BCUT2D eigenvalue weighted by Crippen LogP contribution is 2.18. The van der Waals surface area contributed by atoms with Crippen molar-refractivity contribution >= 4 is 33.5 Å². The van der Waals surface area contributed by atoms with E-state index in [1.165, 1.54) is 15.9 Å². The molecule has 3 aromatic rings. The second kappa shape index (κ2) is 8.06. The van der Waals surface area contributed by atoms with Crippen LogP contribution in [0.3, 0.4) is 0 Å². The molecule has 0 fully saturated rings. The highest BCUT2D eigenvalue weighted by atomic mass is 32.1. The highest BCUT2D eigenvalue weighted by Gasteiger charge is 2.12. The summed E-state index contributed by atoms with van der Waals surface area (Å²) >= 11 is 1.40. The number of carbonyl (C=O) groups is 1. The van der Waals surface area contributed by atoms with Gasteiger partial charge in [-0.1, -0.05) is 43.2 Å². The molecule has 25 heavy (non-hydrogen) atoms. The molecule has 0 unspecified atom stereocenters. The average molecular weight is 360 g/mol. The number of nitrogens with one attached hydrogen (secondary N) is 1. The minimum atomic E-state index is -0.455. The normalized spacial score (nSPS) is 11.1. The molecule has 132 valence electrons. The molecule has 0 aliphatic carbocycles. The van der Waals surface area contributed by atoms with Gasteiger partial charge >= 0.3 is 5.76 Å². The lowest BCUT2D eigenvalue weighted by Crippen LogP contribution is -2.19. The molecule has 1 aromatic carbocycles. The third-order valence-electron chi connectivity index (χ3n) is 3.84. The van der Waals surface area contributed by atoms with Crippen molar-refractivity contribution in [2.75, 3.05) is 5.32 Å². The third-order valence-corrected chi connectivity index (χ3v) is 4.74. The number of hydrogen-bond acceptors (Lipinski definition) is 6. The van der Waals surface area contributed by atoms with Crippen molar-refractivity contribution < 1.29 is 9.21 Å². The van der Waals surface area contributed by atoms with Crippen molar-refractivity contribution in [3.05, 3.63) is 39.8 Å². The van der Waals surface area contributed by atoms with Gasteiger partial charge in [0.2, 0.25) is 11.0 Å². The molecule has 2 heterocycles. The summed E-state index contributed by atoms with van der Waals surface area (Å²) in [6, 6.07) is 7.16. The molecule has 0 aliphatic heterocycles. The first-order valence-electron chi connectivity index (χ1n) is 8.38. The number of aromatic nitrogens is 3. The van der Waals surface area contributed by atoms with Gasteiger partial charge in [-0.05, 0) is 18.6 Å². The number of amides is 1. The summed E-state index contributed by atoms with van der Waals surface area (Å²) < 4.78 is 6.62. The van der Waals surface area contributed by atoms with Gasteiger partial charge in [-0.15, -0.1) is 10.2 Å². The van der Waals surface area contributed by atoms with Crippen LogP contribution >= 0.6 is 11.3 Å². The van der Waals surface area contributed by atoms with Gasteiger partial charge in [-0.2, -0.15) is 0 Å². The number of rotatable bonds is 8. The van der Waals surface area contributed by atoms with Crippen LogP contribution in [-0.4, -0.2) is 20.7 Å². The van der Waals surface area contributed by atoms with E-state index in [1.54, 1.807) is 18.2 Å². The number of unbranched alkanes of at least 4 members (excludes halogenated alkanes) is 2. The molecule has 1 amide bonds. The summed E-state index contributed by atoms with van der Waals surface area (Å²) in [4.78, 5) is 24.0. The Morgan fingerprint density at radius 2 is 2.12 bits per heavy atom. The van der Waals surface area contributed by atoms with Crippen LogP contribution in [0, 0.1) is 0 Å². The van der Waals surface area contributed by atoms with Gasteiger partial charge < -0.3 is 9.73 Å². The number of aryl methyl sites for hydroxylation is 2. The molecule has 0 spiro atoms. The monoisotopic (exact) mass is 360 g/mol. The summed E-state index contributed by atoms with van der Waals surface area (Å²) in [7, 11) is 0. The van der Waals surface area contributed by atoms with Crippen molar-refractivity contribution in [1.29, 1.82) is 0 Å². The minimum absolute atomic E-state index is 0.161. The Balaban J connectivity index is 1.56. The molecule has 1 N–H and O–H groups in total. The standard InChI is InChI=1S/C17H20N4O3S/c1-2-3-4-9-15-19-20-16(25-15)18-14(22)10-11-21-12-7-5-6-8-13(12)24-17(21)23/h5-8H,2-4,9-11H2,1H3,(H,18,20,22). The van der Waals surface area contributed by atoms with Crippen LogP contribution in [0.2, 0.25) is 0 Å². The number of fused-ring (bicyclic) bond motifs is 1. The van der Waals surface area contributed by atoms with Crippen LogP contribution in [0.15, 0.2) is 33.5 Å². The first kappa shape index (κ1) is 17.3. The summed E-state index contributed by atoms with van der Waals surface area (Å²) in [5.74, 6) is -0.656. The SMILES string of the molecule is CCCCCc1nnc(NC(=O)CCn2c(=O)oc3ccccc32)s1. The second-order valence-corrected chi connectivity index (χ2v) is 6.81. The van der Waals surface area contributed by atoms with Crippen LogP contribution < -0.4 is 11.1 Å². The van der Waals surface area contributed by atoms with Crippen molar-refractivity contribution in [3.8, 4) is 0 Å². The molecule has 0 saturated heterocycles. The smallest absolute Gasteiger partial charge is 0.408 e. The summed E-state index contributed by atoms with van der Waals surface area (Å²) in [5, 5.41) is 12.3. The Morgan fingerprint density at radius 1 is 1.28 bits per heavy atom. The van der Waals surface area contributed by atoms with Crippen molar-refractivity contribution in [1.82, 2.24) is 14.8 Å². The number of carbonyl (C=O) groups excluding carboxylic acids is 1. The average Bonchev–Trinajstić information content (AvgIpc) is 3.16. The van der Waals surface area contributed by atoms with Crippen molar-refractivity contribution in [3.63, 3.8) is 0 Å². The van der Waals surface area contributed by atoms with Gasteiger partial charge in [0.1, 0.15) is 5.01 Å². The van der Waals surface area contributed by atoms with Gasteiger partial charge in [0.25, 0.3) is 0 Å². The van der Waals surface area contributed by atoms with E-state index < -0.39 is 5.76 Å². The fourth-order valence-electron chi connectivity index (χ4n) is 2.55. The van der Waals surface area contributed by atoms with Crippen LogP contribution in [0.25, 0.3) is 11.1 Å². The van der Waals surface area contributed by atoms with Crippen molar-refractivity contribution in [2.24, 2.45) is 0 Å². The lowest BCUT2D eigenvalue weighted by molar-refractivity contribution is -0.116. The van der Waals surface area contributed by atoms with E-state index in [0.29, 0.717) is 16.2 Å². The predicted molar refractivity (Wildman–Crippen MR) is 96.9 cm³/mol. The highest BCUT2D eigenvalue weighted by molar-refractivity contribution is 7.15. The molecule has 0 aliphatic rings. The zero-order chi connectivity index (χ0) is 17.6. The Kier molecular flexibility index (Phi) is 5.60. The third kappa shape index (κ3) is 4.33. The van der Waals surface area contributed by atoms with Crippen molar-refractivity contribution in [2.45, 2.75) is 45.6 Å². The maximum atomic E-state index is 12.1. The zero-order valence-corrected chi connectivity index (χ0v) is 14.8. The number of anilines is 1. The summed E-state index contributed by atoms with van der Waals surface area (Å²) in [6.45, 7) is 2.41. The number of nitrogens with zero attached hydrogens (tertiary/aromatic N) is 3. The lowest BCUT2D eigenvalue weighted by atomic mass is 10.2. The van der Waals surface area contributed by atoms with E-state index in [2.05, 4.69) is 22.4 Å². The van der Waals surface area contributed by atoms with Crippen LogP contribution in [-0.2, 0) is 17.8 Å². The first-order valence-corrected chi connectivity index (χ1v) is 9.19. The molecular weight excluding hydrogens is 340 g/mol. The fourth-order valence-corrected chi connectivity index (χ4v) is 3.35. The minimum Gasteiger partial charge on any atom is -0.408 e. The van der Waals surface area contributed by atoms with Gasteiger partial charge in [0, 0.05) is 19.4 Å². The maximum absolute atomic E-state index is 12.1. The van der Waals surface area contributed by atoms with Crippen LogP contribution in [0.4, 0.5) is 5.13 Å². The van der Waals surface area contributed by atoms with E-state index in [4.69, 9.17) is 4.42 Å². The number of oxazole rings is 1. The molecule has 0 bridgehead atoms. The summed E-state index contributed by atoms with van der Waals surface area (Å²) in [6.07, 6.45) is 4.45. The number of benzene rings is 1. The van der Waals surface area contributed by atoms with Gasteiger partial charge in [-0.3, -0.25) is 9.36 Å². The topological polar surface area (TPSA) is 90.0 Å². The lowest BCUT2D eigenvalue weighted by Gasteiger charge is -2.02. The number of hydrogen-bond donors (Lipinski definition) is 1. The molecule has 0 saturated carbocycles. The van der Waals surface area contributed by atoms with Crippen LogP contribution in [0.5, 0.6) is 0 Å². The zero-order valence-electron chi connectivity index (χ0n) is 14.0. The van der Waals surface area contributed by atoms with Crippen LogP contribution in [0.1, 0.15) is 37.6 Å².